The number of anilines is 1. The number of nitrogens with zero attached hydrogens (tertiary/aromatic N) is 2. The normalized spacial score (nSPS) is 10.6. The molecule has 0 bridgehead atoms. The summed E-state index contributed by atoms with van der Waals surface area (Å²) in [4.78, 5) is 0. The van der Waals surface area contributed by atoms with Crippen LogP contribution in [-0.4, -0.2) is 10.2 Å². The molecule has 0 aliphatic rings. The highest BCUT2D eigenvalue weighted by Gasteiger charge is 2.06. The summed E-state index contributed by atoms with van der Waals surface area (Å²) < 4.78 is 5.19. The van der Waals surface area contributed by atoms with Crippen molar-refractivity contribution in [1.82, 2.24) is 10.2 Å². The second kappa shape index (κ2) is 5.24. The standard InChI is InChI=1S/C14H13N3OS/c1-10-6-12(14-17-16-9-18-14)2-3-13(10)15-7-11-4-5-19-8-11/h2-6,8-9,15H,7H2,1H3. The molecule has 5 heteroatoms. The first-order chi connectivity index (χ1) is 9.33. The van der Waals surface area contributed by atoms with Crippen LogP contribution < -0.4 is 5.32 Å². The smallest absolute Gasteiger partial charge is 0.247 e. The van der Waals surface area contributed by atoms with Crippen LogP contribution in [0.3, 0.4) is 0 Å². The van der Waals surface area contributed by atoms with Gasteiger partial charge >= 0.3 is 0 Å². The number of aromatic nitrogens is 2. The van der Waals surface area contributed by atoms with Gasteiger partial charge in [0.05, 0.1) is 0 Å². The fourth-order valence-electron chi connectivity index (χ4n) is 1.88. The third-order valence-corrected chi connectivity index (χ3v) is 3.63. The minimum atomic E-state index is 0.549. The van der Waals surface area contributed by atoms with Crippen molar-refractivity contribution in [3.63, 3.8) is 0 Å². The molecule has 0 aliphatic heterocycles. The minimum absolute atomic E-state index is 0.549. The van der Waals surface area contributed by atoms with E-state index in [2.05, 4.69) is 39.3 Å². The molecule has 0 saturated carbocycles. The number of rotatable bonds is 4. The average molecular weight is 271 g/mol. The van der Waals surface area contributed by atoms with E-state index in [1.807, 2.05) is 18.2 Å². The Morgan fingerprint density at radius 2 is 2.26 bits per heavy atom. The summed E-state index contributed by atoms with van der Waals surface area (Å²) in [6, 6.07) is 8.20. The van der Waals surface area contributed by atoms with Gasteiger partial charge in [-0.25, -0.2) is 0 Å². The van der Waals surface area contributed by atoms with Crippen molar-refractivity contribution in [1.29, 1.82) is 0 Å². The van der Waals surface area contributed by atoms with Crippen LogP contribution in [0.5, 0.6) is 0 Å². The van der Waals surface area contributed by atoms with Gasteiger partial charge in [-0.15, -0.1) is 10.2 Å². The summed E-state index contributed by atoms with van der Waals surface area (Å²) >= 11 is 1.71. The molecule has 3 aromatic rings. The van der Waals surface area contributed by atoms with E-state index in [1.165, 1.54) is 12.0 Å². The Labute approximate surface area is 115 Å². The van der Waals surface area contributed by atoms with E-state index in [-0.39, 0.29) is 0 Å². The Hall–Kier alpha value is -2.14. The number of aryl methyl sites for hydroxylation is 1. The predicted octanol–water partition coefficient (Wildman–Crippen LogP) is 3.72. The maximum Gasteiger partial charge on any atom is 0.247 e. The van der Waals surface area contributed by atoms with Crippen molar-refractivity contribution in [2.45, 2.75) is 13.5 Å². The number of thiophene rings is 1. The molecule has 0 amide bonds. The zero-order chi connectivity index (χ0) is 13.1. The van der Waals surface area contributed by atoms with Gasteiger partial charge in [-0.3, -0.25) is 0 Å². The van der Waals surface area contributed by atoms with Crippen molar-refractivity contribution >= 4 is 17.0 Å². The molecule has 19 heavy (non-hydrogen) atoms. The van der Waals surface area contributed by atoms with E-state index in [1.54, 1.807) is 11.3 Å². The maximum atomic E-state index is 5.19. The molecule has 0 aliphatic carbocycles. The molecule has 0 fully saturated rings. The molecular weight excluding hydrogens is 258 g/mol. The van der Waals surface area contributed by atoms with Gasteiger partial charge in [-0.05, 0) is 53.1 Å². The molecule has 1 aromatic carbocycles. The number of benzene rings is 1. The number of hydrogen-bond acceptors (Lipinski definition) is 5. The van der Waals surface area contributed by atoms with Gasteiger partial charge in [0.15, 0.2) is 0 Å². The summed E-state index contributed by atoms with van der Waals surface area (Å²) in [5.74, 6) is 0.549. The van der Waals surface area contributed by atoms with Crippen LogP contribution in [0.2, 0.25) is 0 Å². The van der Waals surface area contributed by atoms with Crippen LogP contribution in [0.15, 0.2) is 45.8 Å². The van der Waals surface area contributed by atoms with Crippen molar-refractivity contribution < 1.29 is 4.42 Å². The predicted molar refractivity (Wildman–Crippen MR) is 76.1 cm³/mol. The Morgan fingerprint density at radius 1 is 1.32 bits per heavy atom. The fraction of sp³-hybridized carbons (Fsp3) is 0.143. The Morgan fingerprint density at radius 3 is 2.95 bits per heavy atom. The van der Waals surface area contributed by atoms with E-state index in [9.17, 15) is 0 Å². The van der Waals surface area contributed by atoms with Crippen LogP contribution in [-0.2, 0) is 6.54 Å². The van der Waals surface area contributed by atoms with Gasteiger partial charge < -0.3 is 9.73 Å². The van der Waals surface area contributed by atoms with Crippen LogP contribution in [0.25, 0.3) is 11.5 Å². The summed E-state index contributed by atoms with van der Waals surface area (Å²) in [6.45, 7) is 2.90. The maximum absolute atomic E-state index is 5.19. The molecule has 4 nitrogen and oxygen atoms in total. The van der Waals surface area contributed by atoms with Crippen molar-refractivity contribution in [2.24, 2.45) is 0 Å². The van der Waals surface area contributed by atoms with Gasteiger partial charge in [-0.1, -0.05) is 0 Å². The Balaban J connectivity index is 1.76. The van der Waals surface area contributed by atoms with Gasteiger partial charge in [-0.2, -0.15) is 11.3 Å². The SMILES string of the molecule is Cc1cc(-c2nnco2)ccc1NCc1ccsc1. The lowest BCUT2D eigenvalue weighted by molar-refractivity contribution is 0.568. The van der Waals surface area contributed by atoms with Gasteiger partial charge in [0.2, 0.25) is 12.3 Å². The highest BCUT2D eigenvalue weighted by Crippen LogP contribution is 2.23. The quantitative estimate of drug-likeness (QED) is 0.785. The first-order valence-corrected chi connectivity index (χ1v) is 6.89. The van der Waals surface area contributed by atoms with Crippen molar-refractivity contribution in [3.05, 3.63) is 52.5 Å². The monoisotopic (exact) mass is 271 g/mol. The molecular formula is C14H13N3OS. The lowest BCUT2D eigenvalue weighted by Gasteiger charge is -2.09. The highest BCUT2D eigenvalue weighted by molar-refractivity contribution is 7.07. The second-order valence-electron chi connectivity index (χ2n) is 4.26. The molecule has 0 radical (unpaired) electrons. The van der Waals surface area contributed by atoms with Gasteiger partial charge in [0.1, 0.15) is 0 Å². The average Bonchev–Trinajstić information content (AvgIpc) is 3.10. The third kappa shape index (κ3) is 2.66. The van der Waals surface area contributed by atoms with Crippen LogP contribution >= 0.6 is 11.3 Å². The summed E-state index contributed by atoms with van der Waals surface area (Å²) in [7, 11) is 0. The largest absolute Gasteiger partial charge is 0.423 e. The first-order valence-electron chi connectivity index (χ1n) is 5.95. The summed E-state index contributed by atoms with van der Waals surface area (Å²) in [5, 5.41) is 15.3. The lowest BCUT2D eigenvalue weighted by atomic mass is 10.1. The zero-order valence-electron chi connectivity index (χ0n) is 10.5. The lowest BCUT2D eigenvalue weighted by Crippen LogP contribution is -2.00. The molecule has 0 spiro atoms. The molecule has 2 aromatic heterocycles. The van der Waals surface area contributed by atoms with E-state index >= 15 is 0 Å². The Kier molecular flexibility index (Phi) is 3.29. The summed E-state index contributed by atoms with van der Waals surface area (Å²) in [6.07, 6.45) is 1.34. The van der Waals surface area contributed by atoms with Crippen LogP contribution in [0, 0.1) is 6.92 Å². The Bertz CT molecular complexity index is 647. The zero-order valence-corrected chi connectivity index (χ0v) is 11.3. The van der Waals surface area contributed by atoms with E-state index in [0.717, 1.165) is 23.4 Å². The molecule has 2 heterocycles. The minimum Gasteiger partial charge on any atom is -0.423 e. The van der Waals surface area contributed by atoms with Gasteiger partial charge in [0.25, 0.3) is 0 Å². The van der Waals surface area contributed by atoms with Crippen molar-refractivity contribution in [3.8, 4) is 11.5 Å². The first kappa shape index (κ1) is 11.9. The van der Waals surface area contributed by atoms with E-state index in [0.29, 0.717) is 5.89 Å². The van der Waals surface area contributed by atoms with E-state index in [4.69, 9.17) is 4.42 Å². The van der Waals surface area contributed by atoms with E-state index < -0.39 is 0 Å². The van der Waals surface area contributed by atoms with Crippen molar-refractivity contribution in [2.75, 3.05) is 5.32 Å². The fourth-order valence-corrected chi connectivity index (χ4v) is 2.55. The molecule has 0 saturated heterocycles. The summed E-state index contributed by atoms with van der Waals surface area (Å²) in [5.41, 5.74) is 4.52. The van der Waals surface area contributed by atoms with Crippen LogP contribution in [0.1, 0.15) is 11.1 Å². The van der Waals surface area contributed by atoms with Crippen LogP contribution in [0.4, 0.5) is 5.69 Å². The number of nitrogens with one attached hydrogen (secondary N) is 1. The topological polar surface area (TPSA) is 51.0 Å². The third-order valence-electron chi connectivity index (χ3n) is 2.90. The molecule has 3 rings (SSSR count). The molecule has 0 atom stereocenters. The molecule has 96 valence electrons. The second-order valence-corrected chi connectivity index (χ2v) is 5.04. The molecule has 1 N–H and O–H groups in total. The van der Waals surface area contributed by atoms with Gasteiger partial charge in [0, 0.05) is 17.8 Å². The molecule has 0 unspecified atom stereocenters. The highest BCUT2D eigenvalue weighted by atomic mass is 32.1. The number of hydrogen-bond donors (Lipinski definition) is 1.